The number of furan rings is 1. The molecule has 130 valence electrons. The number of Topliss-reactive ketones (excluding diaryl/α,β-unsaturated/α-hetero) is 2. The largest absolute Gasteiger partial charge is 0.472 e. The highest BCUT2D eigenvalue weighted by molar-refractivity contribution is 6.16. The van der Waals surface area contributed by atoms with E-state index < -0.39 is 11.8 Å². The fourth-order valence-electron chi connectivity index (χ4n) is 3.02. The maximum atomic E-state index is 13.2. The SMILES string of the molecule is O=NC[C@H](c1ccoc1)C(C(=O)c1ccccc1)C(=O)c1ccccc1. The summed E-state index contributed by atoms with van der Waals surface area (Å²) in [4.78, 5) is 37.4. The third-order valence-electron chi connectivity index (χ3n) is 4.33. The Balaban J connectivity index is 2.07. The highest BCUT2D eigenvalue weighted by atomic mass is 16.3. The van der Waals surface area contributed by atoms with Crippen molar-refractivity contribution in [3.8, 4) is 0 Å². The molecule has 0 spiro atoms. The van der Waals surface area contributed by atoms with E-state index in [0.717, 1.165) is 0 Å². The second-order valence-corrected chi connectivity index (χ2v) is 5.91. The molecule has 0 aliphatic heterocycles. The summed E-state index contributed by atoms with van der Waals surface area (Å²) >= 11 is 0. The highest BCUT2D eigenvalue weighted by Gasteiger charge is 2.37. The van der Waals surface area contributed by atoms with Crippen molar-refractivity contribution in [2.45, 2.75) is 5.92 Å². The van der Waals surface area contributed by atoms with E-state index in [9.17, 15) is 14.5 Å². The van der Waals surface area contributed by atoms with E-state index >= 15 is 0 Å². The highest BCUT2D eigenvalue weighted by Crippen LogP contribution is 2.31. The van der Waals surface area contributed by atoms with Crippen LogP contribution in [0.15, 0.2) is 88.9 Å². The van der Waals surface area contributed by atoms with E-state index in [-0.39, 0.29) is 18.1 Å². The van der Waals surface area contributed by atoms with Gasteiger partial charge in [0.1, 0.15) is 0 Å². The van der Waals surface area contributed by atoms with Gasteiger partial charge >= 0.3 is 0 Å². The first-order chi connectivity index (χ1) is 12.7. The first-order valence-electron chi connectivity index (χ1n) is 8.22. The Labute approximate surface area is 150 Å². The molecule has 26 heavy (non-hydrogen) atoms. The lowest BCUT2D eigenvalue weighted by Gasteiger charge is -2.22. The molecule has 1 heterocycles. The predicted molar refractivity (Wildman–Crippen MR) is 97.1 cm³/mol. The maximum absolute atomic E-state index is 13.2. The molecule has 0 saturated carbocycles. The Bertz CT molecular complexity index is 821. The molecule has 1 atom stereocenters. The Morgan fingerprint density at radius 1 is 0.846 bits per heavy atom. The minimum Gasteiger partial charge on any atom is -0.472 e. The maximum Gasteiger partial charge on any atom is 0.174 e. The van der Waals surface area contributed by atoms with Crippen LogP contribution in [0, 0.1) is 10.8 Å². The van der Waals surface area contributed by atoms with Crippen LogP contribution in [0.3, 0.4) is 0 Å². The summed E-state index contributed by atoms with van der Waals surface area (Å²) in [5.74, 6) is -2.43. The quantitative estimate of drug-likeness (QED) is 0.341. The number of carbonyl (C=O) groups is 2. The Morgan fingerprint density at radius 2 is 1.38 bits per heavy atom. The van der Waals surface area contributed by atoms with Crippen LogP contribution in [0.1, 0.15) is 32.2 Å². The van der Waals surface area contributed by atoms with E-state index in [1.165, 1.54) is 12.5 Å². The summed E-state index contributed by atoms with van der Waals surface area (Å²) in [7, 11) is 0. The zero-order valence-corrected chi connectivity index (χ0v) is 13.9. The minimum atomic E-state index is -1.06. The van der Waals surface area contributed by atoms with Gasteiger partial charge in [-0.1, -0.05) is 65.8 Å². The van der Waals surface area contributed by atoms with Gasteiger partial charge in [-0.3, -0.25) is 9.59 Å². The molecule has 3 rings (SSSR count). The number of rotatable bonds is 8. The summed E-state index contributed by atoms with van der Waals surface area (Å²) in [6, 6.07) is 18.8. The second-order valence-electron chi connectivity index (χ2n) is 5.91. The average Bonchev–Trinajstić information content (AvgIpc) is 3.23. The Hall–Kier alpha value is -3.34. The molecule has 0 N–H and O–H groups in total. The van der Waals surface area contributed by atoms with Gasteiger partial charge in [0, 0.05) is 17.0 Å². The number of nitroso groups, excluding NO2 is 1. The fourth-order valence-corrected chi connectivity index (χ4v) is 3.02. The zero-order valence-electron chi connectivity index (χ0n) is 13.9. The molecule has 5 heteroatoms. The Kier molecular flexibility index (Phi) is 5.49. The molecule has 2 aromatic carbocycles. The van der Waals surface area contributed by atoms with Gasteiger partial charge in [0.25, 0.3) is 0 Å². The van der Waals surface area contributed by atoms with Gasteiger partial charge in [-0.15, -0.1) is 0 Å². The number of carbonyl (C=O) groups excluding carboxylic acids is 2. The molecule has 5 nitrogen and oxygen atoms in total. The lowest BCUT2D eigenvalue weighted by atomic mass is 9.77. The molecule has 0 amide bonds. The fraction of sp³-hybridized carbons (Fsp3) is 0.143. The first kappa shape index (κ1) is 17.5. The normalized spacial score (nSPS) is 11.9. The van der Waals surface area contributed by atoms with Crippen molar-refractivity contribution in [3.63, 3.8) is 0 Å². The smallest absolute Gasteiger partial charge is 0.174 e. The van der Waals surface area contributed by atoms with Crippen molar-refractivity contribution < 1.29 is 14.0 Å². The summed E-state index contributed by atoms with van der Waals surface area (Å²) in [5, 5.41) is 2.97. The summed E-state index contributed by atoms with van der Waals surface area (Å²) in [6.45, 7) is -0.193. The summed E-state index contributed by atoms with van der Waals surface area (Å²) < 4.78 is 5.10. The van der Waals surface area contributed by atoms with Crippen molar-refractivity contribution in [2.75, 3.05) is 6.54 Å². The van der Waals surface area contributed by atoms with Crippen molar-refractivity contribution in [1.29, 1.82) is 0 Å². The van der Waals surface area contributed by atoms with Gasteiger partial charge in [0.15, 0.2) is 11.6 Å². The third-order valence-corrected chi connectivity index (χ3v) is 4.33. The lowest BCUT2D eigenvalue weighted by molar-refractivity contribution is 0.0784. The van der Waals surface area contributed by atoms with Crippen LogP contribution in [0.2, 0.25) is 0 Å². The molecule has 0 fully saturated rings. The lowest BCUT2D eigenvalue weighted by Crippen LogP contribution is -2.32. The molecule has 0 aliphatic rings. The van der Waals surface area contributed by atoms with Gasteiger partial charge < -0.3 is 4.42 Å². The van der Waals surface area contributed by atoms with Crippen LogP contribution < -0.4 is 0 Å². The van der Waals surface area contributed by atoms with Gasteiger partial charge in [-0.25, -0.2) is 0 Å². The standard InChI is InChI=1S/C21H17NO4/c23-20(15-7-3-1-4-8-15)19(21(24)16-9-5-2-6-10-16)18(13-22-25)17-11-12-26-14-17/h1-12,14,18-19H,13H2/t18-/m1/s1. The molecule has 0 bridgehead atoms. The van der Waals surface area contributed by atoms with Crippen molar-refractivity contribution >= 4 is 11.6 Å². The number of hydrogen-bond acceptors (Lipinski definition) is 5. The predicted octanol–water partition coefficient (Wildman–Crippen LogP) is 4.51. The monoisotopic (exact) mass is 347 g/mol. The molecule has 1 aromatic heterocycles. The molecule has 0 unspecified atom stereocenters. The van der Waals surface area contributed by atoms with Crippen LogP contribution in [0.5, 0.6) is 0 Å². The van der Waals surface area contributed by atoms with Crippen LogP contribution in [0.25, 0.3) is 0 Å². The van der Waals surface area contributed by atoms with Gasteiger partial charge in [-0.2, -0.15) is 4.91 Å². The van der Waals surface area contributed by atoms with E-state index in [4.69, 9.17) is 4.42 Å². The van der Waals surface area contributed by atoms with E-state index in [2.05, 4.69) is 5.18 Å². The molecule has 3 aromatic rings. The van der Waals surface area contributed by atoms with Crippen LogP contribution in [0.4, 0.5) is 0 Å². The number of nitrogens with zero attached hydrogens (tertiary/aromatic N) is 1. The first-order valence-corrected chi connectivity index (χ1v) is 8.22. The summed E-state index contributed by atoms with van der Waals surface area (Å²) in [5.41, 5.74) is 1.44. The number of hydrogen-bond donors (Lipinski definition) is 0. The van der Waals surface area contributed by atoms with Crippen LogP contribution in [-0.2, 0) is 0 Å². The third kappa shape index (κ3) is 3.67. The van der Waals surface area contributed by atoms with Crippen molar-refractivity contribution in [2.24, 2.45) is 11.1 Å². The summed E-state index contributed by atoms with van der Waals surface area (Å²) in [6.07, 6.45) is 2.89. The molecular formula is C21H17NO4. The van der Waals surface area contributed by atoms with Crippen LogP contribution >= 0.6 is 0 Å². The molecule has 0 radical (unpaired) electrons. The topological polar surface area (TPSA) is 76.7 Å². The molecule has 0 aliphatic carbocycles. The number of ketones is 2. The Morgan fingerprint density at radius 3 is 1.81 bits per heavy atom. The van der Waals surface area contributed by atoms with Crippen molar-refractivity contribution in [1.82, 2.24) is 0 Å². The number of benzene rings is 2. The van der Waals surface area contributed by atoms with Gasteiger partial charge in [0.2, 0.25) is 0 Å². The second kappa shape index (κ2) is 8.16. The van der Waals surface area contributed by atoms with E-state index in [1.54, 1.807) is 66.7 Å². The van der Waals surface area contributed by atoms with Gasteiger partial charge in [-0.05, 0) is 11.6 Å². The molecular weight excluding hydrogens is 330 g/mol. The minimum absolute atomic E-state index is 0.193. The average molecular weight is 347 g/mol. The van der Waals surface area contributed by atoms with E-state index in [1.807, 2.05) is 0 Å². The van der Waals surface area contributed by atoms with E-state index in [0.29, 0.717) is 16.7 Å². The zero-order chi connectivity index (χ0) is 18.4. The van der Waals surface area contributed by atoms with Crippen LogP contribution in [-0.4, -0.2) is 18.1 Å². The van der Waals surface area contributed by atoms with Crippen molar-refractivity contribution in [3.05, 3.63) is 101 Å². The van der Waals surface area contributed by atoms with Gasteiger partial charge in [0.05, 0.1) is 25.0 Å². The molecule has 0 saturated heterocycles.